The predicted molar refractivity (Wildman–Crippen MR) is 64.8 cm³/mol. The van der Waals surface area contributed by atoms with Gasteiger partial charge in [-0.1, -0.05) is 12.1 Å². The van der Waals surface area contributed by atoms with Crippen LogP contribution in [-0.4, -0.2) is 22.9 Å². The van der Waals surface area contributed by atoms with Crippen molar-refractivity contribution in [2.24, 2.45) is 11.7 Å². The molecule has 96 valence electrons. The summed E-state index contributed by atoms with van der Waals surface area (Å²) < 4.78 is 0. The molecule has 0 aliphatic heterocycles. The molecule has 2 amide bonds. The Hall–Kier alpha value is -2.37. The number of aliphatic carboxylic acids is 1. The summed E-state index contributed by atoms with van der Waals surface area (Å²) in [4.78, 5) is 32.7. The van der Waals surface area contributed by atoms with Gasteiger partial charge in [0.25, 0.3) is 0 Å². The Morgan fingerprint density at radius 1 is 1.28 bits per heavy atom. The van der Waals surface area contributed by atoms with Crippen molar-refractivity contribution < 1.29 is 19.5 Å². The highest BCUT2D eigenvalue weighted by atomic mass is 16.4. The van der Waals surface area contributed by atoms with Gasteiger partial charge in [-0.3, -0.25) is 14.4 Å². The number of hydrogen-bond donors (Lipinski definition) is 3. The number of carbonyl (C=O) groups excluding carboxylic acids is 2. The van der Waals surface area contributed by atoms with Crippen LogP contribution in [0.2, 0.25) is 0 Å². The van der Waals surface area contributed by atoms with Crippen molar-refractivity contribution in [3.8, 4) is 0 Å². The van der Waals surface area contributed by atoms with Gasteiger partial charge in [-0.25, -0.2) is 0 Å². The molecule has 0 aliphatic rings. The van der Waals surface area contributed by atoms with Crippen LogP contribution in [-0.2, 0) is 20.8 Å². The summed E-state index contributed by atoms with van der Waals surface area (Å²) in [6.07, 6.45) is 0.125. The maximum atomic E-state index is 11.5. The predicted octanol–water partition coefficient (Wildman–Crippen LogP) is 0.374. The minimum atomic E-state index is -1.18. The van der Waals surface area contributed by atoms with Gasteiger partial charge in [-0.05, 0) is 24.6 Å². The topological polar surface area (TPSA) is 109 Å². The van der Waals surface area contributed by atoms with Gasteiger partial charge in [0.15, 0.2) is 0 Å². The van der Waals surface area contributed by atoms with Gasteiger partial charge >= 0.3 is 5.97 Å². The number of nitrogens with two attached hydrogens (primary N) is 1. The number of rotatable bonds is 5. The molecule has 0 aliphatic carbocycles. The van der Waals surface area contributed by atoms with E-state index in [0.717, 1.165) is 5.56 Å². The van der Waals surface area contributed by atoms with E-state index < -0.39 is 23.7 Å². The van der Waals surface area contributed by atoms with Crippen molar-refractivity contribution >= 4 is 23.5 Å². The third kappa shape index (κ3) is 3.89. The van der Waals surface area contributed by atoms with E-state index in [9.17, 15) is 14.4 Å². The summed E-state index contributed by atoms with van der Waals surface area (Å²) in [5.74, 6) is -3.33. The first-order chi connectivity index (χ1) is 8.40. The van der Waals surface area contributed by atoms with E-state index in [1.165, 1.54) is 6.92 Å². The maximum absolute atomic E-state index is 11.5. The van der Waals surface area contributed by atoms with Gasteiger partial charge in [0, 0.05) is 5.69 Å². The van der Waals surface area contributed by atoms with Crippen LogP contribution in [0, 0.1) is 5.92 Å². The number of amides is 2. The van der Waals surface area contributed by atoms with Crippen LogP contribution in [0.5, 0.6) is 0 Å². The van der Waals surface area contributed by atoms with Crippen molar-refractivity contribution in [1.82, 2.24) is 0 Å². The summed E-state index contributed by atoms with van der Waals surface area (Å²) in [6.45, 7) is 1.30. The van der Waals surface area contributed by atoms with Crippen LogP contribution >= 0.6 is 0 Å². The van der Waals surface area contributed by atoms with Gasteiger partial charge in [0.05, 0.1) is 6.42 Å². The first-order valence-electron chi connectivity index (χ1n) is 5.31. The summed E-state index contributed by atoms with van der Waals surface area (Å²) in [6, 6.07) is 6.47. The average molecular weight is 250 g/mol. The Bertz CT molecular complexity index is 467. The molecule has 6 heteroatoms. The quantitative estimate of drug-likeness (QED) is 0.656. The number of carbonyl (C=O) groups is 3. The largest absolute Gasteiger partial charge is 0.481 e. The molecule has 0 heterocycles. The number of primary amides is 1. The van der Waals surface area contributed by atoms with Gasteiger partial charge in [-0.2, -0.15) is 0 Å². The number of carboxylic acid groups (broad SMARTS) is 1. The fraction of sp³-hybridized carbons (Fsp3) is 0.250. The first-order valence-corrected chi connectivity index (χ1v) is 5.31. The summed E-state index contributed by atoms with van der Waals surface area (Å²) >= 11 is 0. The van der Waals surface area contributed by atoms with Gasteiger partial charge < -0.3 is 16.2 Å². The highest BCUT2D eigenvalue weighted by Crippen LogP contribution is 2.11. The van der Waals surface area contributed by atoms with Crippen molar-refractivity contribution in [3.63, 3.8) is 0 Å². The van der Waals surface area contributed by atoms with Crippen LogP contribution in [0.3, 0.4) is 0 Å². The smallest absolute Gasteiger partial charge is 0.315 e. The summed E-state index contributed by atoms with van der Waals surface area (Å²) in [5, 5.41) is 11.1. The lowest BCUT2D eigenvalue weighted by molar-refractivity contribution is -0.144. The fourth-order valence-electron chi connectivity index (χ4n) is 1.27. The molecular weight excluding hydrogens is 236 g/mol. The molecule has 6 nitrogen and oxygen atoms in total. The first kappa shape index (κ1) is 13.7. The fourth-order valence-corrected chi connectivity index (χ4v) is 1.27. The standard InChI is InChI=1S/C12H14N2O4/c1-7(12(17)18)11(16)14-9-4-2-8(3-5-9)6-10(13)15/h2-5,7H,6H2,1H3,(H2,13,15)(H,14,16)(H,17,18). The zero-order valence-electron chi connectivity index (χ0n) is 9.84. The molecule has 1 atom stereocenters. The second-order valence-corrected chi connectivity index (χ2v) is 3.89. The molecule has 0 saturated heterocycles. The zero-order chi connectivity index (χ0) is 13.7. The average Bonchev–Trinajstić information content (AvgIpc) is 2.29. The minimum absolute atomic E-state index is 0.125. The van der Waals surface area contributed by atoms with E-state index in [4.69, 9.17) is 10.8 Å². The monoisotopic (exact) mass is 250 g/mol. The maximum Gasteiger partial charge on any atom is 0.315 e. The Balaban J connectivity index is 2.66. The molecule has 1 unspecified atom stereocenters. The molecule has 0 bridgehead atoms. The van der Waals surface area contributed by atoms with Crippen LogP contribution in [0.1, 0.15) is 12.5 Å². The molecule has 0 fully saturated rings. The van der Waals surface area contributed by atoms with E-state index in [-0.39, 0.29) is 6.42 Å². The SMILES string of the molecule is CC(C(=O)O)C(=O)Nc1ccc(CC(N)=O)cc1. The van der Waals surface area contributed by atoms with E-state index >= 15 is 0 Å². The molecule has 18 heavy (non-hydrogen) atoms. The highest BCUT2D eigenvalue weighted by Gasteiger charge is 2.20. The minimum Gasteiger partial charge on any atom is -0.481 e. The number of nitrogens with one attached hydrogen (secondary N) is 1. The molecule has 0 aromatic heterocycles. The Labute approximate surface area is 104 Å². The molecule has 4 N–H and O–H groups in total. The number of hydrogen-bond acceptors (Lipinski definition) is 3. The van der Waals surface area contributed by atoms with Crippen LogP contribution in [0.4, 0.5) is 5.69 Å². The van der Waals surface area contributed by atoms with Gasteiger partial charge in [0.1, 0.15) is 5.92 Å². The number of anilines is 1. The van der Waals surface area contributed by atoms with E-state index in [2.05, 4.69) is 5.32 Å². The Kier molecular flexibility index (Phi) is 4.42. The lowest BCUT2D eigenvalue weighted by Gasteiger charge is -2.08. The van der Waals surface area contributed by atoms with Crippen molar-refractivity contribution in [2.45, 2.75) is 13.3 Å². The highest BCUT2D eigenvalue weighted by molar-refractivity contribution is 6.03. The third-order valence-electron chi connectivity index (χ3n) is 2.36. The van der Waals surface area contributed by atoms with Gasteiger partial charge in [0.2, 0.25) is 11.8 Å². The molecule has 0 saturated carbocycles. The van der Waals surface area contributed by atoms with E-state index in [1.54, 1.807) is 24.3 Å². The van der Waals surface area contributed by atoms with Crippen molar-refractivity contribution in [3.05, 3.63) is 29.8 Å². The van der Waals surface area contributed by atoms with E-state index in [0.29, 0.717) is 5.69 Å². The normalized spacial score (nSPS) is 11.6. The number of benzene rings is 1. The Morgan fingerprint density at radius 3 is 2.28 bits per heavy atom. The zero-order valence-corrected chi connectivity index (χ0v) is 9.84. The molecule has 1 aromatic carbocycles. The Morgan fingerprint density at radius 2 is 1.83 bits per heavy atom. The van der Waals surface area contributed by atoms with Crippen LogP contribution < -0.4 is 11.1 Å². The van der Waals surface area contributed by atoms with Crippen LogP contribution in [0.25, 0.3) is 0 Å². The second-order valence-electron chi connectivity index (χ2n) is 3.89. The molecule has 0 spiro atoms. The lowest BCUT2D eigenvalue weighted by Crippen LogP contribution is -2.26. The number of carboxylic acids is 1. The molecule has 0 radical (unpaired) electrons. The van der Waals surface area contributed by atoms with Crippen LogP contribution in [0.15, 0.2) is 24.3 Å². The van der Waals surface area contributed by atoms with E-state index in [1.807, 2.05) is 0 Å². The van der Waals surface area contributed by atoms with Gasteiger partial charge in [-0.15, -0.1) is 0 Å². The lowest BCUT2D eigenvalue weighted by atomic mass is 10.1. The molecule has 1 rings (SSSR count). The second kappa shape index (κ2) is 5.81. The summed E-state index contributed by atoms with van der Waals surface area (Å²) in [5.41, 5.74) is 6.24. The molecule has 1 aromatic rings. The third-order valence-corrected chi connectivity index (χ3v) is 2.36. The summed E-state index contributed by atoms with van der Waals surface area (Å²) in [7, 11) is 0. The molecular formula is C12H14N2O4. The van der Waals surface area contributed by atoms with Crippen molar-refractivity contribution in [1.29, 1.82) is 0 Å². The van der Waals surface area contributed by atoms with Crippen molar-refractivity contribution in [2.75, 3.05) is 5.32 Å².